The molecule has 0 unspecified atom stereocenters. The molecule has 0 amide bonds. The number of aliphatic hydroxyl groups excluding tert-OH is 1. The van der Waals surface area contributed by atoms with E-state index in [4.69, 9.17) is 0 Å². The topological polar surface area (TPSA) is 81.3 Å². The summed E-state index contributed by atoms with van der Waals surface area (Å²) < 4.78 is 26.4. The van der Waals surface area contributed by atoms with Crippen molar-refractivity contribution in [1.82, 2.24) is 9.13 Å². The van der Waals surface area contributed by atoms with Gasteiger partial charge in [0.1, 0.15) is 0 Å². The second kappa shape index (κ2) is 7.09. The molecule has 26 heavy (non-hydrogen) atoms. The van der Waals surface area contributed by atoms with Crippen LogP contribution in [0.2, 0.25) is 0 Å². The number of para-hydroxylation sites is 2. The number of nitrogens with zero attached hydrogens (tertiary/aromatic N) is 2. The van der Waals surface area contributed by atoms with Crippen molar-refractivity contribution in [2.24, 2.45) is 0 Å². The summed E-state index contributed by atoms with van der Waals surface area (Å²) in [4.78, 5) is 13.0. The fraction of sp³-hybridized carbons (Fsp3) is 0.316. The Morgan fingerprint density at radius 1 is 1.00 bits per heavy atom. The molecular weight excluding hydrogens is 352 g/mol. The van der Waals surface area contributed by atoms with Gasteiger partial charge in [0.2, 0.25) is 0 Å². The lowest BCUT2D eigenvalue weighted by molar-refractivity contribution is 0.156. The van der Waals surface area contributed by atoms with Crippen molar-refractivity contribution >= 4 is 20.9 Å². The van der Waals surface area contributed by atoms with E-state index in [1.54, 1.807) is 21.3 Å². The SMILES string of the molecule is CCCn1c(=O)n(C[C@H](O)c2ccc(S(C)(=O)=O)cc2)c2ccccc21. The molecule has 1 aromatic heterocycles. The van der Waals surface area contributed by atoms with Crippen LogP contribution in [0, 0.1) is 0 Å². The summed E-state index contributed by atoms with van der Waals surface area (Å²) in [7, 11) is -3.28. The molecule has 0 aliphatic rings. The van der Waals surface area contributed by atoms with Gasteiger partial charge in [-0.3, -0.25) is 9.13 Å². The van der Waals surface area contributed by atoms with Gasteiger partial charge >= 0.3 is 5.69 Å². The molecule has 3 aromatic rings. The number of fused-ring (bicyclic) bond motifs is 1. The highest BCUT2D eigenvalue weighted by Crippen LogP contribution is 2.20. The normalized spacial score (nSPS) is 13.2. The molecule has 0 bridgehead atoms. The fourth-order valence-corrected chi connectivity index (χ4v) is 3.73. The lowest BCUT2D eigenvalue weighted by Crippen LogP contribution is -2.26. The molecule has 1 heterocycles. The molecule has 1 N–H and O–H groups in total. The molecule has 0 aliphatic carbocycles. The van der Waals surface area contributed by atoms with Crippen molar-refractivity contribution in [2.75, 3.05) is 6.26 Å². The minimum absolute atomic E-state index is 0.105. The number of aryl methyl sites for hydroxylation is 1. The Kier molecular flexibility index (Phi) is 5.02. The third-order valence-corrected chi connectivity index (χ3v) is 5.55. The van der Waals surface area contributed by atoms with Crippen LogP contribution in [0.5, 0.6) is 0 Å². The number of aromatic nitrogens is 2. The van der Waals surface area contributed by atoms with Crippen molar-refractivity contribution in [3.63, 3.8) is 0 Å². The maximum Gasteiger partial charge on any atom is 0.329 e. The number of rotatable bonds is 6. The smallest absolute Gasteiger partial charge is 0.329 e. The zero-order valence-corrected chi connectivity index (χ0v) is 15.6. The zero-order chi connectivity index (χ0) is 18.9. The zero-order valence-electron chi connectivity index (χ0n) is 14.8. The van der Waals surface area contributed by atoms with Gasteiger partial charge in [-0.25, -0.2) is 13.2 Å². The first-order chi connectivity index (χ1) is 12.3. The van der Waals surface area contributed by atoms with Gasteiger partial charge in [-0.2, -0.15) is 0 Å². The van der Waals surface area contributed by atoms with E-state index in [-0.39, 0.29) is 17.1 Å². The first-order valence-corrected chi connectivity index (χ1v) is 10.4. The van der Waals surface area contributed by atoms with Crippen LogP contribution < -0.4 is 5.69 Å². The molecule has 0 fully saturated rings. The third-order valence-electron chi connectivity index (χ3n) is 4.42. The average molecular weight is 374 g/mol. The first kappa shape index (κ1) is 18.4. The fourth-order valence-electron chi connectivity index (χ4n) is 3.10. The van der Waals surface area contributed by atoms with E-state index in [1.807, 2.05) is 31.2 Å². The number of aliphatic hydroxyl groups is 1. The Labute approximate surface area is 152 Å². The average Bonchev–Trinajstić information content (AvgIpc) is 2.87. The number of benzene rings is 2. The van der Waals surface area contributed by atoms with Crippen molar-refractivity contribution in [1.29, 1.82) is 0 Å². The Morgan fingerprint density at radius 2 is 1.58 bits per heavy atom. The highest BCUT2D eigenvalue weighted by Gasteiger charge is 2.17. The summed E-state index contributed by atoms with van der Waals surface area (Å²) in [6.45, 7) is 2.73. The number of sulfone groups is 1. The predicted octanol–water partition coefficient (Wildman–Crippen LogP) is 2.35. The van der Waals surface area contributed by atoms with E-state index in [9.17, 15) is 18.3 Å². The maximum absolute atomic E-state index is 12.8. The lowest BCUT2D eigenvalue weighted by atomic mass is 10.1. The lowest BCUT2D eigenvalue weighted by Gasteiger charge is -2.12. The highest BCUT2D eigenvalue weighted by molar-refractivity contribution is 7.90. The Bertz CT molecular complexity index is 1080. The summed E-state index contributed by atoms with van der Waals surface area (Å²) in [6.07, 6.45) is 1.06. The van der Waals surface area contributed by atoms with Crippen LogP contribution in [-0.4, -0.2) is 28.9 Å². The molecule has 7 heteroatoms. The van der Waals surface area contributed by atoms with E-state index in [1.165, 1.54) is 12.1 Å². The largest absolute Gasteiger partial charge is 0.387 e. The second-order valence-electron chi connectivity index (χ2n) is 6.39. The van der Waals surface area contributed by atoms with Crippen molar-refractivity contribution in [3.8, 4) is 0 Å². The summed E-state index contributed by atoms with van der Waals surface area (Å²) in [5, 5.41) is 10.6. The molecule has 2 aromatic carbocycles. The van der Waals surface area contributed by atoms with Crippen LogP contribution in [0.3, 0.4) is 0 Å². The van der Waals surface area contributed by atoms with Crippen LogP contribution in [0.4, 0.5) is 0 Å². The van der Waals surface area contributed by atoms with Crippen LogP contribution >= 0.6 is 0 Å². The molecule has 0 radical (unpaired) electrons. The summed E-state index contributed by atoms with van der Waals surface area (Å²) in [5.74, 6) is 0. The Hall–Kier alpha value is -2.38. The van der Waals surface area contributed by atoms with Gasteiger partial charge in [-0.05, 0) is 36.2 Å². The maximum atomic E-state index is 12.8. The third kappa shape index (κ3) is 3.45. The van der Waals surface area contributed by atoms with Gasteiger partial charge in [-0.15, -0.1) is 0 Å². The monoisotopic (exact) mass is 374 g/mol. The van der Waals surface area contributed by atoms with E-state index >= 15 is 0 Å². The minimum Gasteiger partial charge on any atom is -0.387 e. The standard InChI is InChI=1S/C19H22N2O4S/c1-3-12-20-16-6-4-5-7-17(16)21(19(20)23)13-18(22)14-8-10-15(11-9-14)26(2,24)25/h4-11,18,22H,3,12-13H2,1-2H3/t18-/m0/s1. The Balaban J connectivity index is 1.96. The van der Waals surface area contributed by atoms with Crippen molar-refractivity contribution in [3.05, 3.63) is 64.6 Å². The summed E-state index contributed by atoms with van der Waals surface area (Å²) >= 11 is 0. The molecule has 3 rings (SSSR count). The van der Waals surface area contributed by atoms with E-state index in [0.29, 0.717) is 12.1 Å². The van der Waals surface area contributed by atoms with E-state index < -0.39 is 15.9 Å². The number of hydrogen-bond donors (Lipinski definition) is 1. The van der Waals surface area contributed by atoms with Gasteiger partial charge in [0.15, 0.2) is 9.84 Å². The van der Waals surface area contributed by atoms with Gasteiger partial charge in [-0.1, -0.05) is 31.2 Å². The first-order valence-electron chi connectivity index (χ1n) is 8.49. The molecule has 0 saturated heterocycles. The summed E-state index contributed by atoms with van der Waals surface area (Å²) in [5.41, 5.74) is 2.04. The number of imidazole rings is 1. The molecule has 138 valence electrons. The van der Waals surface area contributed by atoms with Crippen LogP contribution in [0.1, 0.15) is 25.0 Å². The van der Waals surface area contributed by atoms with E-state index in [0.717, 1.165) is 23.7 Å². The van der Waals surface area contributed by atoms with Crippen LogP contribution in [0.15, 0.2) is 58.2 Å². The molecule has 6 nitrogen and oxygen atoms in total. The number of hydrogen-bond acceptors (Lipinski definition) is 4. The minimum atomic E-state index is -3.28. The van der Waals surface area contributed by atoms with Crippen molar-refractivity contribution in [2.45, 2.75) is 37.4 Å². The van der Waals surface area contributed by atoms with Gasteiger partial charge < -0.3 is 5.11 Å². The summed E-state index contributed by atoms with van der Waals surface area (Å²) in [6, 6.07) is 13.6. The Morgan fingerprint density at radius 3 is 2.12 bits per heavy atom. The molecule has 0 aliphatic heterocycles. The van der Waals surface area contributed by atoms with Gasteiger partial charge in [0.05, 0.1) is 28.6 Å². The van der Waals surface area contributed by atoms with Crippen LogP contribution in [-0.2, 0) is 22.9 Å². The molecular formula is C19H22N2O4S. The molecule has 0 saturated carbocycles. The second-order valence-corrected chi connectivity index (χ2v) is 8.41. The molecule has 0 spiro atoms. The van der Waals surface area contributed by atoms with Crippen molar-refractivity contribution < 1.29 is 13.5 Å². The predicted molar refractivity (Wildman–Crippen MR) is 101 cm³/mol. The quantitative estimate of drug-likeness (QED) is 0.718. The van der Waals surface area contributed by atoms with Crippen LogP contribution in [0.25, 0.3) is 11.0 Å². The highest BCUT2D eigenvalue weighted by atomic mass is 32.2. The van der Waals surface area contributed by atoms with E-state index in [2.05, 4.69) is 0 Å². The van der Waals surface area contributed by atoms with Gasteiger partial charge in [0, 0.05) is 12.8 Å². The van der Waals surface area contributed by atoms with Gasteiger partial charge in [0.25, 0.3) is 0 Å². The molecule has 1 atom stereocenters.